The minimum Gasteiger partial charge on any atom is -0.393 e. The van der Waals surface area contributed by atoms with Crippen molar-refractivity contribution >= 4 is 0 Å². The highest BCUT2D eigenvalue weighted by Gasteiger charge is 2.58. The lowest BCUT2D eigenvalue weighted by atomic mass is 9.76. The van der Waals surface area contributed by atoms with Gasteiger partial charge < -0.3 is 31.1 Å². The fourth-order valence-corrected chi connectivity index (χ4v) is 12.5. The summed E-state index contributed by atoms with van der Waals surface area (Å²) in [6.45, 7) is 20.5. The summed E-state index contributed by atoms with van der Waals surface area (Å²) in [5.41, 5.74) is 0. The highest BCUT2D eigenvalue weighted by molar-refractivity contribution is 5.14. The van der Waals surface area contributed by atoms with Crippen LogP contribution >= 0.6 is 0 Å². The fraction of sp³-hybridized carbons (Fsp3) is 1.00. The van der Waals surface area contributed by atoms with Gasteiger partial charge in [0.2, 0.25) is 0 Å². The maximum absolute atomic E-state index is 11.6. The molecule has 8 bridgehead atoms. The second-order valence-electron chi connectivity index (χ2n) is 17.3. The first kappa shape index (κ1) is 34.6. The summed E-state index contributed by atoms with van der Waals surface area (Å²) >= 11 is 0. The number of aliphatic hydroxyl groups is 1. The summed E-state index contributed by atoms with van der Waals surface area (Å²) in [6.07, 6.45) is 13.6. The number of ether oxygens (including phenoxy) is 1. The lowest BCUT2D eigenvalue weighted by molar-refractivity contribution is 0.00388. The molecule has 5 N–H and O–H groups in total. The van der Waals surface area contributed by atoms with E-state index in [1.165, 1.54) is 64.2 Å². The third-order valence-corrected chi connectivity index (χ3v) is 15.0. The quantitative estimate of drug-likeness (QED) is 0.188. The van der Waals surface area contributed by atoms with Crippen LogP contribution in [0.25, 0.3) is 0 Å². The Morgan fingerprint density at radius 1 is 0.644 bits per heavy atom. The lowest BCUT2D eigenvalue weighted by Gasteiger charge is -2.32. The molecule has 5 aliphatic heterocycles. The standard InChI is InChI=1S/C39H72N4O2/c1-9-12-13-14-16-45-25(8)36-23(6)31-18-30-22(5)27(15-10-2)38(42-30)28-17-35(44)37-24(7)32(43-39(28)37)19-33-26(11-3)21(4)29(40-33)20-34(36)41-31/h21-44H,9-20H2,1-8H3/t21-,22?,23?,24?,25?,26-,27?,28?,29?,30?,31?,32?,33?,34?,35?,36?,37?,38?,39?/m1/s1. The van der Waals surface area contributed by atoms with Gasteiger partial charge in [-0.25, -0.2) is 0 Å². The molecule has 260 valence electrons. The van der Waals surface area contributed by atoms with Gasteiger partial charge in [0.05, 0.1) is 12.2 Å². The van der Waals surface area contributed by atoms with Crippen molar-refractivity contribution in [1.29, 1.82) is 0 Å². The summed E-state index contributed by atoms with van der Waals surface area (Å²) in [5.74, 6) is 5.34. The average molecular weight is 629 g/mol. The summed E-state index contributed by atoms with van der Waals surface area (Å²) in [4.78, 5) is 0. The van der Waals surface area contributed by atoms with Crippen molar-refractivity contribution in [2.45, 2.75) is 187 Å². The first-order valence-corrected chi connectivity index (χ1v) is 20.0. The summed E-state index contributed by atoms with van der Waals surface area (Å²) in [5, 5.41) is 28.7. The van der Waals surface area contributed by atoms with Crippen LogP contribution in [0.1, 0.15) is 126 Å². The molecule has 45 heavy (non-hydrogen) atoms. The van der Waals surface area contributed by atoms with E-state index in [4.69, 9.17) is 4.74 Å². The van der Waals surface area contributed by atoms with Crippen molar-refractivity contribution in [2.75, 3.05) is 6.61 Å². The van der Waals surface area contributed by atoms with Crippen LogP contribution in [0.15, 0.2) is 0 Å². The largest absolute Gasteiger partial charge is 0.393 e. The Kier molecular flexibility index (Phi) is 11.3. The molecule has 5 saturated heterocycles. The zero-order valence-electron chi connectivity index (χ0n) is 30.3. The van der Waals surface area contributed by atoms with Gasteiger partial charge in [0.25, 0.3) is 0 Å². The molecule has 0 radical (unpaired) electrons. The van der Waals surface area contributed by atoms with Gasteiger partial charge in [-0.3, -0.25) is 0 Å². The molecule has 0 aromatic rings. The number of rotatable bonds is 10. The molecule has 1 saturated carbocycles. The summed E-state index contributed by atoms with van der Waals surface area (Å²) in [6, 6.07) is 4.09. The van der Waals surface area contributed by atoms with E-state index in [0.717, 1.165) is 13.0 Å². The highest BCUT2D eigenvalue weighted by Crippen LogP contribution is 2.50. The number of unbranched alkanes of at least 4 members (excludes halogenated alkanes) is 3. The summed E-state index contributed by atoms with van der Waals surface area (Å²) in [7, 11) is 0. The molecule has 1 aliphatic carbocycles. The Bertz CT molecular complexity index is 950. The van der Waals surface area contributed by atoms with Crippen LogP contribution in [0.2, 0.25) is 0 Å². The van der Waals surface area contributed by atoms with Gasteiger partial charge in [-0.05, 0) is 86.9 Å². The van der Waals surface area contributed by atoms with Crippen molar-refractivity contribution in [1.82, 2.24) is 21.3 Å². The van der Waals surface area contributed by atoms with E-state index in [9.17, 15) is 5.11 Å². The van der Waals surface area contributed by atoms with Gasteiger partial charge in [0.1, 0.15) is 0 Å². The van der Waals surface area contributed by atoms with Gasteiger partial charge in [-0.2, -0.15) is 0 Å². The Morgan fingerprint density at radius 3 is 2.00 bits per heavy atom. The highest BCUT2D eigenvalue weighted by atomic mass is 16.5. The number of nitrogens with one attached hydrogen (secondary N) is 4. The number of aliphatic hydroxyl groups excluding tert-OH is 1. The number of fused-ring (bicyclic) bond motifs is 8. The van der Waals surface area contributed by atoms with E-state index >= 15 is 0 Å². The van der Waals surface area contributed by atoms with E-state index in [0.29, 0.717) is 102 Å². The lowest BCUT2D eigenvalue weighted by Crippen LogP contribution is -2.48. The zero-order valence-corrected chi connectivity index (χ0v) is 30.3. The molecule has 5 heterocycles. The van der Waals surface area contributed by atoms with E-state index in [1.807, 2.05) is 0 Å². The van der Waals surface area contributed by atoms with Gasteiger partial charge in [0, 0.05) is 66.8 Å². The van der Waals surface area contributed by atoms with Gasteiger partial charge in [-0.15, -0.1) is 0 Å². The third kappa shape index (κ3) is 6.57. The maximum atomic E-state index is 11.6. The van der Waals surface area contributed by atoms with Crippen molar-refractivity contribution < 1.29 is 9.84 Å². The predicted octanol–water partition coefficient (Wildman–Crippen LogP) is 6.12. The smallest absolute Gasteiger partial charge is 0.0593 e. The Balaban J connectivity index is 1.29. The van der Waals surface area contributed by atoms with Crippen LogP contribution in [-0.2, 0) is 4.74 Å². The van der Waals surface area contributed by atoms with Crippen LogP contribution in [0.4, 0.5) is 0 Å². The second kappa shape index (κ2) is 14.7. The van der Waals surface area contributed by atoms with Crippen molar-refractivity contribution in [2.24, 2.45) is 53.3 Å². The predicted molar refractivity (Wildman–Crippen MR) is 186 cm³/mol. The topological polar surface area (TPSA) is 77.6 Å². The van der Waals surface area contributed by atoms with Gasteiger partial charge in [0.15, 0.2) is 0 Å². The van der Waals surface area contributed by atoms with Crippen LogP contribution < -0.4 is 21.3 Å². The minimum absolute atomic E-state index is 0.170. The normalized spacial score (nSPS) is 51.7. The minimum atomic E-state index is -0.170. The Labute approximate surface area is 277 Å². The second-order valence-corrected chi connectivity index (χ2v) is 17.3. The number of hydrogen-bond donors (Lipinski definition) is 5. The molecular weight excluding hydrogens is 556 g/mol. The SMILES string of the molecule is CCCCCCOC(C)C1C2CC3NC(CC4NC5C(CC(O)C5C4C)C4NC(CC(N2)C1C)C(C)C4CCC)[C@H](CC)[C@H]3C. The van der Waals surface area contributed by atoms with Gasteiger partial charge >= 0.3 is 0 Å². The van der Waals surface area contributed by atoms with Crippen molar-refractivity contribution in [3.8, 4) is 0 Å². The van der Waals surface area contributed by atoms with Crippen molar-refractivity contribution in [3.05, 3.63) is 0 Å². The van der Waals surface area contributed by atoms with E-state index in [-0.39, 0.29) is 12.2 Å². The number of hydrogen-bond acceptors (Lipinski definition) is 6. The van der Waals surface area contributed by atoms with E-state index < -0.39 is 0 Å². The molecular formula is C39H72N4O2. The molecule has 6 nitrogen and oxygen atoms in total. The van der Waals surface area contributed by atoms with Crippen LogP contribution in [0.3, 0.4) is 0 Å². The molecule has 6 aliphatic rings. The van der Waals surface area contributed by atoms with E-state index in [1.54, 1.807) is 0 Å². The molecule has 19 atom stereocenters. The zero-order chi connectivity index (χ0) is 32.0. The van der Waals surface area contributed by atoms with Crippen LogP contribution in [0.5, 0.6) is 0 Å². The van der Waals surface area contributed by atoms with Gasteiger partial charge in [-0.1, -0.05) is 80.6 Å². The molecule has 6 heteroatoms. The summed E-state index contributed by atoms with van der Waals surface area (Å²) < 4.78 is 6.68. The molecule has 6 rings (SSSR count). The average Bonchev–Trinajstić information content (AvgIpc) is 3.76. The molecule has 0 amide bonds. The first-order chi connectivity index (χ1) is 21.7. The van der Waals surface area contributed by atoms with Crippen LogP contribution in [0, 0.1) is 53.3 Å². The van der Waals surface area contributed by atoms with Crippen molar-refractivity contribution in [3.63, 3.8) is 0 Å². The molecule has 0 aromatic heterocycles. The Morgan fingerprint density at radius 2 is 1.27 bits per heavy atom. The molecule has 0 spiro atoms. The molecule has 6 fully saturated rings. The fourth-order valence-electron chi connectivity index (χ4n) is 12.5. The Hall–Kier alpha value is -0.240. The van der Waals surface area contributed by atoms with Crippen LogP contribution in [-0.4, -0.2) is 72.3 Å². The first-order valence-electron chi connectivity index (χ1n) is 20.0. The molecule has 0 aromatic carbocycles. The monoisotopic (exact) mass is 629 g/mol. The maximum Gasteiger partial charge on any atom is 0.0593 e. The van der Waals surface area contributed by atoms with E-state index in [2.05, 4.69) is 76.7 Å². The third-order valence-electron chi connectivity index (χ3n) is 15.0. The molecule has 17 unspecified atom stereocenters.